The quantitative estimate of drug-likeness (QED) is 0.417. The van der Waals surface area contributed by atoms with Crippen LogP contribution in [-0.2, 0) is 11.2 Å². The SMILES string of the molecule is C=CCc1cccc(/C=N\NC(=O)CNc2ccc(C)cc2)c1O. The zero-order chi connectivity index (χ0) is 17.4. The Hall–Kier alpha value is -3.08. The zero-order valence-electron chi connectivity index (χ0n) is 13.6. The van der Waals surface area contributed by atoms with Crippen LogP contribution in [-0.4, -0.2) is 23.8 Å². The first-order chi connectivity index (χ1) is 11.6. The number of benzene rings is 2. The van der Waals surface area contributed by atoms with Gasteiger partial charge < -0.3 is 10.4 Å². The molecule has 0 spiro atoms. The van der Waals surface area contributed by atoms with E-state index in [0.29, 0.717) is 12.0 Å². The minimum Gasteiger partial charge on any atom is -0.507 e. The molecule has 124 valence electrons. The van der Waals surface area contributed by atoms with E-state index in [1.54, 1.807) is 12.1 Å². The molecule has 5 heteroatoms. The first-order valence-electron chi connectivity index (χ1n) is 7.64. The predicted molar refractivity (Wildman–Crippen MR) is 97.4 cm³/mol. The van der Waals surface area contributed by atoms with Crippen LogP contribution >= 0.6 is 0 Å². The number of aryl methyl sites for hydroxylation is 1. The maximum atomic E-state index is 11.8. The Kier molecular flexibility index (Phi) is 6.14. The number of phenolic OH excluding ortho intramolecular Hbond substituents is 1. The standard InChI is InChI=1S/C19H21N3O2/c1-3-5-15-6-4-7-16(19(15)24)12-21-22-18(23)13-20-17-10-8-14(2)9-11-17/h3-4,6-12,20,24H,1,5,13H2,2H3,(H,22,23)/b21-12-. The van der Waals surface area contributed by atoms with Gasteiger partial charge in [-0.2, -0.15) is 5.10 Å². The van der Waals surface area contributed by atoms with Crippen LogP contribution in [0.25, 0.3) is 0 Å². The van der Waals surface area contributed by atoms with Gasteiger partial charge in [-0.25, -0.2) is 5.43 Å². The molecule has 0 saturated carbocycles. The first kappa shape index (κ1) is 17.3. The number of amides is 1. The normalized spacial score (nSPS) is 10.5. The molecule has 24 heavy (non-hydrogen) atoms. The molecular formula is C19H21N3O2. The van der Waals surface area contributed by atoms with Gasteiger partial charge in [-0.1, -0.05) is 35.9 Å². The Morgan fingerprint density at radius 1 is 1.25 bits per heavy atom. The molecule has 0 aliphatic rings. The average molecular weight is 323 g/mol. The third-order valence-electron chi connectivity index (χ3n) is 3.41. The van der Waals surface area contributed by atoms with Crippen molar-refractivity contribution in [2.45, 2.75) is 13.3 Å². The third-order valence-corrected chi connectivity index (χ3v) is 3.41. The van der Waals surface area contributed by atoms with Crippen LogP contribution in [0.3, 0.4) is 0 Å². The van der Waals surface area contributed by atoms with Gasteiger partial charge in [0.05, 0.1) is 12.8 Å². The van der Waals surface area contributed by atoms with Crippen molar-refractivity contribution in [1.82, 2.24) is 5.43 Å². The Labute approximate surface area is 141 Å². The molecule has 0 fully saturated rings. The number of aromatic hydroxyl groups is 1. The highest BCUT2D eigenvalue weighted by Crippen LogP contribution is 2.21. The number of rotatable bonds is 7. The lowest BCUT2D eigenvalue weighted by molar-refractivity contribution is -0.119. The Balaban J connectivity index is 1.87. The van der Waals surface area contributed by atoms with Crippen molar-refractivity contribution in [3.05, 3.63) is 71.8 Å². The number of carbonyl (C=O) groups excluding carboxylic acids is 1. The van der Waals surface area contributed by atoms with E-state index in [2.05, 4.69) is 22.4 Å². The Bertz CT molecular complexity index is 737. The van der Waals surface area contributed by atoms with Gasteiger partial charge in [-0.15, -0.1) is 6.58 Å². The van der Waals surface area contributed by atoms with Crippen molar-refractivity contribution < 1.29 is 9.90 Å². The van der Waals surface area contributed by atoms with Crippen LogP contribution in [0.1, 0.15) is 16.7 Å². The molecule has 1 amide bonds. The summed E-state index contributed by atoms with van der Waals surface area (Å²) in [6, 6.07) is 13.1. The molecule has 3 N–H and O–H groups in total. The number of hydrogen-bond donors (Lipinski definition) is 3. The van der Waals surface area contributed by atoms with Crippen LogP contribution in [0.2, 0.25) is 0 Å². The second-order valence-electron chi connectivity index (χ2n) is 5.36. The topological polar surface area (TPSA) is 73.7 Å². The van der Waals surface area contributed by atoms with Gasteiger partial charge in [0.2, 0.25) is 0 Å². The summed E-state index contributed by atoms with van der Waals surface area (Å²) in [6.45, 7) is 5.77. The molecule has 0 aliphatic carbocycles. The summed E-state index contributed by atoms with van der Waals surface area (Å²) in [6.07, 6.45) is 3.71. The monoisotopic (exact) mass is 323 g/mol. The summed E-state index contributed by atoms with van der Waals surface area (Å²) in [7, 11) is 0. The molecule has 0 heterocycles. The minimum absolute atomic E-state index is 0.114. The highest BCUT2D eigenvalue weighted by molar-refractivity contribution is 5.86. The average Bonchev–Trinajstić information content (AvgIpc) is 2.58. The fourth-order valence-electron chi connectivity index (χ4n) is 2.10. The predicted octanol–water partition coefficient (Wildman–Crippen LogP) is 2.99. The zero-order valence-corrected chi connectivity index (χ0v) is 13.6. The summed E-state index contributed by atoms with van der Waals surface area (Å²) in [5.41, 5.74) is 5.77. The van der Waals surface area contributed by atoms with E-state index in [4.69, 9.17) is 0 Å². The third kappa shape index (κ3) is 4.98. The molecule has 0 atom stereocenters. The van der Waals surface area contributed by atoms with Crippen molar-refractivity contribution >= 4 is 17.8 Å². The van der Waals surface area contributed by atoms with E-state index in [9.17, 15) is 9.90 Å². The van der Waals surface area contributed by atoms with Crippen LogP contribution < -0.4 is 10.7 Å². The summed E-state index contributed by atoms with van der Waals surface area (Å²) < 4.78 is 0. The number of anilines is 1. The fourth-order valence-corrected chi connectivity index (χ4v) is 2.10. The van der Waals surface area contributed by atoms with E-state index in [1.165, 1.54) is 6.21 Å². The number of nitrogens with one attached hydrogen (secondary N) is 2. The van der Waals surface area contributed by atoms with E-state index < -0.39 is 0 Å². The molecule has 0 aromatic heterocycles. The van der Waals surface area contributed by atoms with Crippen molar-refractivity contribution in [3.63, 3.8) is 0 Å². The smallest absolute Gasteiger partial charge is 0.259 e. The number of hydrazone groups is 1. The summed E-state index contributed by atoms with van der Waals surface area (Å²) >= 11 is 0. The molecule has 2 aromatic carbocycles. The second-order valence-corrected chi connectivity index (χ2v) is 5.36. The van der Waals surface area contributed by atoms with Gasteiger partial charge >= 0.3 is 0 Å². The highest BCUT2D eigenvalue weighted by atomic mass is 16.3. The molecule has 0 unspecified atom stereocenters. The number of carbonyl (C=O) groups is 1. The molecule has 0 radical (unpaired) electrons. The number of para-hydroxylation sites is 1. The van der Waals surface area contributed by atoms with Crippen molar-refractivity contribution in [2.24, 2.45) is 5.10 Å². The second kappa shape index (κ2) is 8.53. The van der Waals surface area contributed by atoms with E-state index in [-0.39, 0.29) is 18.2 Å². The summed E-state index contributed by atoms with van der Waals surface area (Å²) in [4.78, 5) is 11.8. The lowest BCUT2D eigenvalue weighted by Crippen LogP contribution is -2.25. The summed E-state index contributed by atoms with van der Waals surface area (Å²) in [5.74, 6) is -0.123. The van der Waals surface area contributed by atoms with Gasteiger partial charge in [-0.05, 0) is 37.1 Å². The number of phenols is 1. The molecule has 0 aliphatic heterocycles. The number of hydrogen-bond acceptors (Lipinski definition) is 4. The van der Waals surface area contributed by atoms with Gasteiger partial charge in [0.15, 0.2) is 0 Å². The van der Waals surface area contributed by atoms with Crippen molar-refractivity contribution in [3.8, 4) is 5.75 Å². The van der Waals surface area contributed by atoms with Crippen molar-refractivity contribution in [2.75, 3.05) is 11.9 Å². The highest BCUT2D eigenvalue weighted by Gasteiger charge is 2.04. The lowest BCUT2D eigenvalue weighted by Gasteiger charge is -2.06. The number of allylic oxidation sites excluding steroid dienone is 1. The maximum absolute atomic E-state index is 11.8. The van der Waals surface area contributed by atoms with Gasteiger partial charge in [0.1, 0.15) is 5.75 Å². The van der Waals surface area contributed by atoms with E-state index in [0.717, 1.165) is 16.8 Å². The van der Waals surface area contributed by atoms with Crippen LogP contribution in [0, 0.1) is 6.92 Å². The van der Waals surface area contributed by atoms with Gasteiger partial charge in [0.25, 0.3) is 5.91 Å². The molecule has 0 bridgehead atoms. The first-order valence-corrected chi connectivity index (χ1v) is 7.64. The molecule has 0 saturated heterocycles. The van der Waals surface area contributed by atoms with Crippen LogP contribution in [0.15, 0.2) is 60.2 Å². The maximum Gasteiger partial charge on any atom is 0.259 e. The van der Waals surface area contributed by atoms with Crippen molar-refractivity contribution in [1.29, 1.82) is 0 Å². The van der Waals surface area contributed by atoms with E-state index >= 15 is 0 Å². The summed E-state index contributed by atoms with van der Waals surface area (Å²) in [5, 5.41) is 17.0. The van der Waals surface area contributed by atoms with Crippen LogP contribution in [0.4, 0.5) is 5.69 Å². The molecule has 5 nitrogen and oxygen atoms in total. The molecular weight excluding hydrogens is 302 g/mol. The Morgan fingerprint density at radius 3 is 2.71 bits per heavy atom. The fraction of sp³-hybridized carbons (Fsp3) is 0.158. The molecule has 2 rings (SSSR count). The lowest BCUT2D eigenvalue weighted by atomic mass is 10.1. The Morgan fingerprint density at radius 2 is 2.00 bits per heavy atom. The van der Waals surface area contributed by atoms with E-state index in [1.807, 2.05) is 43.3 Å². The minimum atomic E-state index is -0.270. The van der Waals surface area contributed by atoms with Gasteiger partial charge in [0, 0.05) is 11.3 Å². The number of nitrogens with zero attached hydrogens (tertiary/aromatic N) is 1. The van der Waals surface area contributed by atoms with Crippen LogP contribution in [0.5, 0.6) is 5.75 Å². The largest absolute Gasteiger partial charge is 0.507 e. The molecule has 2 aromatic rings. The van der Waals surface area contributed by atoms with Gasteiger partial charge in [-0.3, -0.25) is 4.79 Å².